The molecule has 2 fully saturated rings. The van der Waals surface area contributed by atoms with Gasteiger partial charge in [-0.3, -0.25) is 4.98 Å². The maximum atomic E-state index is 6.04. The zero-order valence-electron chi connectivity index (χ0n) is 11.9. The van der Waals surface area contributed by atoms with Gasteiger partial charge >= 0.3 is 0 Å². The molecule has 0 unspecified atom stereocenters. The molecule has 0 saturated carbocycles. The number of anilines is 2. The Labute approximate surface area is 123 Å². The van der Waals surface area contributed by atoms with Crippen molar-refractivity contribution in [3.05, 3.63) is 30.5 Å². The van der Waals surface area contributed by atoms with Crippen LogP contribution in [-0.4, -0.2) is 37.1 Å². The maximum Gasteiger partial charge on any atom is 0.186 e. The van der Waals surface area contributed by atoms with Gasteiger partial charge in [-0.15, -0.1) is 0 Å². The van der Waals surface area contributed by atoms with E-state index in [9.17, 15) is 0 Å². The van der Waals surface area contributed by atoms with Crippen LogP contribution < -0.4 is 10.6 Å². The third-order valence-corrected chi connectivity index (χ3v) is 4.35. The number of nitrogens with two attached hydrogens (primary N) is 1. The lowest BCUT2D eigenvalue weighted by atomic mass is 10.0. The predicted molar refractivity (Wildman–Crippen MR) is 82.2 cm³/mol. The molecule has 110 valence electrons. The topological polar surface area (TPSA) is 60.6 Å². The summed E-state index contributed by atoms with van der Waals surface area (Å²) in [5.41, 5.74) is 8.78. The second kappa shape index (κ2) is 4.86. The highest BCUT2D eigenvalue weighted by Gasteiger charge is 2.41. The van der Waals surface area contributed by atoms with Crippen molar-refractivity contribution in [3.8, 4) is 0 Å². The van der Waals surface area contributed by atoms with Crippen molar-refractivity contribution in [2.45, 2.75) is 18.6 Å². The van der Waals surface area contributed by atoms with Crippen LogP contribution in [-0.2, 0) is 9.47 Å². The minimum Gasteiger partial charge on any atom is -0.397 e. The van der Waals surface area contributed by atoms with Crippen LogP contribution in [0.4, 0.5) is 11.4 Å². The number of pyridine rings is 1. The highest BCUT2D eigenvalue weighted by molar-refractivity contribution is 5.98. The van der Waals surface area contributed by atoms with Gasteiger partial charge in [-0.05, 0) is 30.7 Å². The summed E-state index contributed by atoms with van der Waals surface area (Å²) < 4.78 is 11.7. The predicted octanol–water partition coefficient (Wildman–Crippen LogP) is 2.16. The minimum atomic E-state index is -0.422. The Morgan fingerprint density at radius 3 is 2.90 bits per heavy atom. The Morgan fingerprint density at radius 1 is 1.19 bits per heavy atom. The molecule has 1 aromatic carbocycles. The number of ether oxygens (including phenoxy) is 2. The zero-order valence-corrected chi connectivity index (χ0v) is 11.9. The molecule has 0 bridgehead atoms. The van der Waals surface area contributed by atoms with Gasteiger partial charge in [-0.25, -0.2) is 0 Å². The van der Waals surface area contributed by atoms with Gasteiger partial charge in [0.15, 0.2) is 5.79 Å². The number of benzene rings is 1. The Hall–Kier alpha value is -1.85. The smallest absolute Gasteiger partial charge is 0.186 e. The first-order valence-corrected chi connectivity index (χ1v) is 7.44. The number of hydrogen-bond acceptors (Lipinski definition) is 5. The van der Waals surface area contributed by atoms with Gasteiger partial charge in [0.25, 0.3) is 0 Å². The second-order valence-electron chi connectivity index (χ2n) is 5.71. The van der Waals surface area contributed by atoms with Crippen molar-refractivity contribution < 1.29 is 9.47 Å². The average molecular weight is 285 g/mol. The third-order valence-electron chi connectivity index (χ3n) is 4.35. The van der Waals surface area contributed by atoms with Gasteiger partial charge in [-0.2, -0.15) is 0 Å². The van der Waals surface area contributed by atoms with Crippen LogP contribution in [0, 0.1) is 0 Å². The van der Waals surface area contributed by atoms with Gasteiger partial charge in [0.05, 0.1) is 31.0 Å². The van der Waals surface area contributed by atoms with Crippen molar-refractivity contribution in [2.75, 3.05) is 36.9 Å². The molecule has 4 rings (SSSR count). The quantitative estimate of drug-likeness (QED) is 0.814. The summed E-state index contributed by atoms with van der Waals surface area (Å²) >= 11 is 0. The number of rotatable bonds is 1. The van der Waals surface area contributed by atoms with Crippen LogP contribution in [0.1, 0.15) is 12.8 Å². The van der Waals surface area contributed by atoms with Gasteiger partial charge in [0, 0.05) is 30.2 Å². The molecule has 2 aliphatic heterocycles. The van der Waals surface area contributed by atoms with E-state index in [-0.39, 0.29) is 0 Å². The second-order valence-corrected chi connectivity index (χ2v) is 5.71. The summed E-state index contributed by atoms with van der Waals surface area (Å²) in [7, 11) is 0. The Morgan fingerprint density at radius 2 is 2.05 bits per heavy atom. The van der Waals surface area contributed by atoms with Crippen LogP contribution in [0.15, 0.2) is 30.5 Å². The highest BCUT2D eigenvalue weighted by Crippen LogP contribution is 2.36. The van der Waals surface area contributed by atoms with E-state index in [2.05, 4.69) is 22.0 Å². The van der Waals surface area contributed by atoms with Crippen molar-refractivity contribution in [1.29, 1.82) is 0 Å². The summed E-state index contributed by atoms with van der Waals surface area (Å²) in [5, 5.41) is 1.09. The number of nitrogen functional groups attached to an aromatic ring is 1. The molecule has 2 saturated heterocycles. The first-order chi connectivity index (χ1) is 10.3. The molecule has 2 N–H and O–H groups in total. The lowest BCUT2D eigenvalue weighted by Crippen LogP contribution is -2.49. The molecule has 5 heteroatoms. The van der Waals surface area contributed by atoms with Crippen LogP contribution >= 0.6 is 0 Å². The Kier molecular flexibility index (Phi) is 2.97. The van der Waals surface area contributed by atoms with Gasteiger partial charge in [0.1, 0.15) is 0 Å². The summed E-state index contributed by atoms with van der Waals surface area (Å²) in [6.07, 6.45) is 3.81. The van der Waals surface area contributed by atoms with E-state index in [1.54, 1.807) is 6.20 Å². The number of aromatic nitrogens is 1. The molecule has 0 aliphatic carbocycles. The number of hydrogen-bond donors (Lipinski definition) is 1. The van der Waals surface area contributed by atoms with Crippen molar-refractivity contribution >= 4 is 22.3 Å². The minimum absolute atomic E-state index is 0.422. The van der Waals surface area contributed by atoms with Gasteiger partial charge in [-0.1, -0.05) is 0 Å². The monoisotopic (exact) mass is 285 g/mol. The van der Waals surface area contributed by atoms with Gasteiger partial charge < -0.3 is 20.1 Å². The van der Waals surface area contributed by atoms with Gasteiger partial charge in [0.2, 0.25) is 0 Å². The van der Waals surface area contributed by atoms with E-state index in [0.29, 0.717) is 13.2 Å². The number of fused-ring (bicyclic) bond motifs is 1. The molecule has 0 atom stereocenters. The average Bonchev–Trinajstić information content (AvgIpc) is 2.96. The van der Waals surface area contributed by atoms with E-state index in [1.165, 1.54) is 0 Å². The SMILES string of the molecule is Nc1ccc(N2CCCC3(C2)OCCO3)c2cccnc12. The Bertz CT molecular complexity index is 668. The molecule has 5 nitrogen and oxygen atoms in total. The summed E-state index contributed by atoms with van der Waals surface area (Å²) in [6.45, 7) is 3.15. The molecular formula is C16H19N3O2. The fraction of sp³-hybridized carbons (Fsp3) is 0.438. The maximum absolute atomic E-state index is 6.04. The molecular weight excluding hydrogens is 266 g/mol. The highest BCUT2D eigenvalue weighted by atomic mass is 16.7. The standard InChI is InChI=1S/C16H19N3O2/c17-13-4-5-14(12-3-1-7-18-15(12)13)19-8-2-6-16(11-19)20-9-10-21-16/h1,3-5,7H,2,6,8-11,17H2. The van der Waals surface area contributed by atoms with E-state index < -0.39 is 5.79 Å². The lowest BCUT2D eigenvalue weighted by molar-refractivity contribution is -0.161. The molecule has 3 heterocycles. The zero-order chi connectivity index (χ0) is 14.3. The fourth-order valence-electron chi connectivity index (χ4n) is 3.38. The number of piperidine rings is 1. The van der Waals surface area contributed by atoms with E-state index in [4.69, 9.17) is 15.2 Å². The van der Waals surface area contributed by atoms with Crippen molar-refractivity contribution in [2.24, 2.45) is 0 Å². The molecule has 2 aliphatic rings. The van der Waals surface area contributed by atoms with E-state index in [0.717, 1.165) is 48.2 Å². The summed E-state index contributed by atoms with van der Waals surface area (Å²) in [5.74, 6) is -0.422. The molecule has 21 heavy (non-hydrogen) atoms. The molecule has 0 amide bonds. The van der Waals surface area contributed by atoms with Crippen LogP contribution in [0.25, 0.3) is 10.9 Å². The number of nitrogens with zero attached hydrogens (tertiary/aromatic N) is 2. The fourth-order valence-corrected chi connectivity index (χ4v) is 3.38. The molecule has 1 aromatic heterocycles. The normalized spacial score (nSPS) is 21.2. The molecule has 0 radical (unpaired) electrons. The lowest BCUT2D eigenvalue weighted by Gasteiger charge is -2.40. The first kappa shape index (κ1) is 12.9. The van der Waals surface area contributed by atoms with Crippen LogP contribution in [0.5, 0.6) is 0 Å². The van der Waals surface area contributed by atoms with E-state index in [1.807, 2.05) is 12.1 Å². The molecule has 2 aromatic rings. The molecule has 1 spiro atoms. The Balaban J connectivity index is 1.74. The van der Waals surface area contributed by atoms with E-state index >= 15 is 0 Å². The first-order valence-electron chi connectivity index (χ1n) is 7.44. The van der Waals surface area contributed by atoms with Crippen molar-refractivity contribution in [1.82, 2.24) is 4.98 Å². The van der Waals surface area contributed by atoms with Crippen LogP contribution in [0.3, 0.4) is 0 Å². The largest absolute Gasteiger partial charge is 0.397 e. The van der Waals surface area contributed by atoms with Crippen molar-refractivity contribution in [3.63, 3.8) is 0 Å². The van der Waals surface area contributed by atoms with Crippen LogP contribution in [0.2, 0.25) is 0 Å². The summed E-state index contributed by atoms with van der Waals surface area (Å²) in [4.78, 5) is 6.74. The summed E-state index contributed by atoms with van der Waals surface area (Å²) in [6, 6.07) is 8.04. The third kappa shape index (κ3) is 2.13.